The highest BCUT2D eigenvalue weighted by molar-refractivity contribution is 5.99. The summed E-state index contributed by atoms with van der Waals surface area (Å²) in [5.74, 6) is 2.07. The molecule has 1 rings (SSSR count). The Balaban J connectivity index is 2.88. The molecule has 0 N–H and O–H groups in total. The fourth-order valence-electron chi connectivity index (χ4n) is 0.886. The topological polar surface area (TPSA) is 35.5 Å². The molecule has 0 radical (unpaired) electrons. The second kappa shape index (κ2) is 3.10. The lowest BCUT2D eigenvalue weighted by molar-refractivity contribution is -0.167. The molecule has 0 aromatic rings. The summed E-state index contributed by atoms with van der Waals surface area (Å²) >= 11 is 0. The minimum absolute atomic E-state index is 0.224. The van der Waals surface area contributed by atoms with Crippen LogP contribution in [0.4, 0.5) is 0 Å². The van der Waals surface area contributed by atoms with Gasteiger partial charge in [0.25, 0.3) is 0 Å². The van der Waals surface area contributed by atoms with Crippen molar-refractivity contribution in [2.75, 3.05) is 7.11 Å². The first-order valence-electron chi connectivity index (χ1n) is 3.53. The normalized spacial score (nSPS) is 34.8. The molecule has 1 aliphatic heterocycles. The molecular formula is C9H10O3. The van der Waals surface area contributed by atoms with Crippen LogP contribution in [0.5, 0.6) is 0 Å². The zero-order valence-corrected chi connectivity index (χ0v) is 7.03. The Hall–Kier alpha value is -1.11. The number of ketones is 1. The van der Waals surface area contributed by atoms with Crippen molar-refractivity contribution < 1.29 is 14.3 Å². The van der Waals surface area contributed by atoms with E-state index in [4.69, 9.17) is 15.9 Å². The minimum atomic E-state index is -1.17. The zero-order chi connectivity index (χ0) is 9.19. The Morgan fingerprint density at radius 1 is 1.83 bits per heavy atom. The summed E-state index contributed by atoms with van der Waals surface area (Å²) in [6, 6.07) is 0. The van der Waals surface area contributed by atoms with Crippen molar-refractivity contribution in [3.05, 3.63) is 12.2 Å². The van der Waals surface area contributed by atoms with Crippen molar-refractivity contribution in [3.63, 3.8) is 0 Å². The summed E-state index contributed by atoms with van der Waals surface area (Å²) in [4.78, 5) is 11.2. The van der Waals surface area contributed by atoms with Crippen molar-refractivity contribution in [3.8, 4) is 12.3 Å². The minimum Gasteiger partial charge on any atom is -0.352 e. The van der Waals surface area contributed by atoms with Crippen LogP contribution >= 0.6 is 0 Å². The van der Waals surface area contributed by atoms with Gasteiger partial charge in [0.2, 0.25) is 0 Å². The van der Waals surface area contributed by atoms with E-state index in [-0.39, 0.29) is 5.78 Å². The molecule has 12 heavy (non-hydrogen) atoms. The maximum atomic E-state index is 11.2. The van der Waals surface area contributed by atoms with Gasteiger partial charge in [-0.3, -0.25) is 4.79 Å². The second-order valence-corrected chi connectivity index (χ2v) is 2.62. The van der Waals surface area contributed by atoms with E-state index < -0.39 is 11.9 Å². The van der Waals surface area contributed by atoms with Crippen LogP contribution in [-0.4, -0.2) is 24.8 Å². The maximum Gasteiger partial charge on any atom is 0.199 e. The number of hydrogen-bond donors (Lipinski definition) is 0. The third kappa shape index (κ3) is 1.40. The van der Waals surface area contributed by atoms with Crippen molar-refractivity contribution in [2.24, 2.45) is 0 Å². The summed E-state index contributed by atoms with van der Waals surface area (Å²) in [5, 5.41) is 0. The van der Waals surface area contributed by atoms with Gasteiger partial charge in [-0.15, -0.1) is 6.42 Å². The van der Waals surface area contributed by atoms with E-state index in [1.807, 2.05) is 0 Å². The van der Waals surface area contributed by atoms with Gasteiger partial charge in [-0.1, -0.05) is 5.92 Å². The molecule has 3 nitrogen and oxygen atoms in total. The van der Waals surface area contributed by atoms with Gasteiger partial charge in [-0.25, -0.2) is 0 Å². The Kier molecular flexibility index (Phi) is 2.32. The van der Waals surface area contributed by atoms with Gasteiger partial charge in [0.05, 0.1) is 0 Å². The number of methoxy groups -OCH3 is 1. The van der Waals surface area contributed by atoms with Gasteiger partial charge in [-0.2, -0.15) is 0 Å². The standard InChI is InChI=1S/C9H10O3/c1-4-9(2)7(10)5-6-8(11-3)12-9/h1,5-6,8H,2-3H3/t8-,9+/m0/s1. The van der Waals surface area contributed by atoms with Crippen LogP contribution in [-0.2, 0) is 14.3 Å². The number of hydrogen-bond acceptors (Lipinski definition) is 3. The number of terminal acetylenes is 1. The van der Waals surface area contributed by atoms with Gasteiger partial charge in [0.15, 0.2) is 17.7 Å². The molecule has 0 spiro atoms. The quantitative estimate of drug-likeness (QED) is 0.532. The molecule has 1 heterocycles. The largest absolute Gasteiger partial charge is 0.352 e. The second-order valence-electron chi connectivity index (χ2n) is 2.62. The molecule has 2 atom stereocenters. The Morgan fingerprint density at radius 2 is 2.50 bits per heavy atom. The zero-order valence-electron chi connectivity index (χ0n) is 7.03. The molecule has 0 bridgehead atoms. The first-order chi connectivity index (χ1) is 5.62. The highest BCUT2D eigenvalue weighted by Gasteiger charge is 2.35. The van der Waals surface area contributed by atoms with Crippen LogP contribution in [0.25, 0.3) is 0 Å². The van der Waals surface area contributed by atoms with Gasteiger partial charge in [0, 0.05) is 7.11 Å². The molecule has 1 aliphatic rings. The molecule has 0 fully saturated rings. The molecular weight excluding hydrogens is 156 g/mol. The molecule has 0 aliphatic carbocycles. The number of ether oxygens (including phenoxy) is 2. The van der Waals surface area contributed by atoms with Gasteiger partial charge < -0.3 is 9.47 Å². The van der Waals surface area contributed by atoms with Crippen molar-refractivity contribution >= 4 is 5.78 Å². The third-order valence-electron chi connectivity index (χ3n) is 1.73. The molecule has 0 saturated heterocycles. The van der Waals surface area contributed by atoms with E-state index in [0.29, 0.717) is 0 Å². The first-order valence-corrected chi connectivity index (χ1v) is 3.53. The van der Waals surface area contributed by atoms with E-state index in [1.165, 1.54) is 19.3 Å². The SMILES string of the molecule is C#C[C@@]1(C)O[C@H](OC)C=CC1=O. The average molecular weight is 166 g/mol. The molecule has 64 valence electrons. The fourth-order valence-corrected chi connectivity index (χ4v) is 0.886. The maximum absolute atomic E-state index is 11.2. The van der Waals surface area contributed by atoms with Crippen molar-refractivity contribution in [2.45, 2.75) is 18.8 Å². The van der Waals surface area contributed by atoms with E-state index in [1.54, 1.807) is 6.92 Å². The molecule has 3 heteroatoms. The molecule has 0 saturated carbocycles. The van der Waals surface area contributed by atoms with Crippen LogP contribution in [0.1, 0.15) is 6.92 Å². The molecule has 0 unspecified atom stereocenters. The lowest BCUT2D eigenvalue weighted by Gasteiger charge is -2.28. The fraction of sp³-hybridized carbons (Fsp3) is 0.444. The van der Waals surface area contributed by atoms with Gasteiger partial charge >= 0.3 is 0 Å². The van der Waals surface area contributed by atoms with Crippen molar-refractivity contribution in [1.29, 1.82) is 0 Å². The summed E-state index contributed by atoms with van der Waals surface area (Å²) in [5.41, 5.74) is -1.17. The molecule has 0 aromatic heterocycles. The Bertz CT molecular complexity index is 261. The lowest BCUT2D eigenvalue weighted by atomic mass is 9.99. The predicted molar refractivity (Wildman–Crippen MR) is 43.3 cm³/mol. The van der Waals surface area contributed by atoms with Crippen LogP contribution in [0, 0.1) is 12.3 Å². The summed E-state index contributed by atoms with van der Waals surface area (Å²) in [7, 11) is 1.49. The van der Waals surface area contributed by atoms with Crippen LogP contribution in [0.3, 0.4) is 0 Å². The third-order valence-corrected chi connectivity index (χ3v) is 1.73. The monoisotopic (exact) mass is 166 g/mol. The van der Waals surface area contributed by atoms with Crippen LogP contribution in [0.2, 0.25) is 0 Å². The summed E-state index contributed by atoms with van der Waals surface area (Å²) in [6.45, 7) is 1.55. The van der Waals surface area contributed by atoms with E-state index >= 15 is 0 Å². The Morgan fingerprint density at radius 3 is 3.00 bits per heavy atom. The summed E-state index contributed by atoms with van der Waals surface area (Å²) in [6.07, 6.45) is 7.55. The number of carbonyl (C=O) groups is 1. The van der Waals surface area contributed by atoms with Gasteiger partial charge in [-0.05, 0) is 19.1 Å². The lowest BCUT2D eigenvalue weighted by Crippen LogP contribution is -2.42. The smallest absolute Gasteiger partial charge is 0.199 e. The predicted octanol–water partition coefficient (Wildman–Crippen LogP) is 0.506. The number of carbonyl (C=O) groups excluding carboxylic acids is 1. The summed E-state index contributed by atoms with van der Waals surface area (Å²) < 4.78 is 10.1. The molecule has 0 amide bonds. The van der Waals surface area contributed by atoms with Crippen molar-refractivity contribution in [1.82, 2.24) is 0 Å². The van der Waals surface area contributed by atoms with Crippen LogP contribution in [0.15, 0.2) is 12.2 Å². The average Bonchev–Trinajstić information content (AvgIpc) is 2.10. The van der Waals surface area contributed by atoms with E-state index in [0.717, 1.165) is 0 Å². The Labute approximate surface area is 71.4 Å². The highest BCUT2D eigenvalue weighted by atomic mass is 16.7. The van der Waals surface area contributed by atoms with Crippen LogP contribution < -0.4 is 0 Å². The molecule has 0 aromatic carbocycles. The van der Waals surface area contributed by atoms with Gasteiger partial charge in [0.1, 0.15) is 0 Å². The van der Waals surface area contributed by atoms with E-state index in [2.05, 4.69) is 5.92 Å². The van der Waals surface area contributed by atoms with E-state index in [9.17, 15) is 4.79 Å². The highest BCUT2D eigenvalue weighted by Crippen LogP contribution is 2.19. The first kappa shape index (κ1) is 8.98. The number of rotatable bonds is 1.